The number of amides is 1. The van der Waals surface area contributed by atoms with Crippen molar-refractivity contribution in [1.29, 1.82) is 0 Å². The van der Waals surface area contributed by atoms with Crippen LogP contribution in [0.15, 0.2) is 41.8 Å². The molecule has 88 valence electrons. The van der Waals surface area contributed by atoms with Crippen molar-refractivity contribution in [3.63, 3.8) is 0 Å². The maximum absolute atomic E-state index is 12.1. The van der Waals surface area contributed by atoms with Crippen LogP contribution in [0.1, 0.15) is 16.1 Å². The molecule has 0 aliphatic carbocycles. The number of fused-ring (bicyclic) bond motifs is 5. The Morgan fingerprint density at radius 1 is 1.22 bits per heavy atom. The van der Waals surface area contributed by atoms with E-state index in [0.717, 1.165) is 27.2 Å². The van der Waals surface area contributed by atoms with Crippen LogP contribution in [-0.2, 0) is 6.54 Å². The minimum absolute atomic E-state index is 0.00500. The summed E-state index contributed by atoms with van der Waals surface area (Å²) in [5.41, 5.74) is 4.08. The third kappa shape index (κ3) is 1.21. The Balaban J connectivity index is 2.16. The summed E-state index contributed by atoms with van der Waals surface area (Å²) < 4.78 is 3.21. The van der Waals surface area contributed by atoms with Gasteiger partial charge in [0.1, 0.15) is 5.69 Å². The number of hydrogen-bond donors (Lipinski definition) is 1. The van der Waals surface area contributed by atoms with Gasteiger partial charge in [0, 0.05) is 6.54 Å². The monoisotopic (exact) mass is 254 g/mol. The van der Waals surface area contributed by atoms with Gasteiger partial charge in [-0.25, -0.2) is 0 Å². The summed E-state index contributed by atoms with van der Waals surface area (Å²) in [6.07, 6.45) is 0. The molecule has 0 fully saturated rings. The number of thiophene rings is 1. The van der Waals surface area contributed by atoms with Crippen molar-refractivity contribution >= 4 is 27.5 Å². The van der Waals surface area contributed by atoms with E-state index in [1.165, 1.54) is 0 Å². The second-order valence-corrected chi connectivity index (χ2v) is 5.29. The van der Waals surface area contributed by atoms with Gasteiger partial charge in [0.05, 0.1) is 15.9 Å². The Bertz CT molecular complexity index is 769. The standard InChI is InChI=1S/C14H10N2OS/c17-14-12-7-13-11(5-6-18-13)16(12)10-4-2-1-3-9(10)8-15-14/h1-7H,8H2,(H,15,17). The van der Waals surface area contributed by atoms with Crippen molar-refractivity contribution in [2.45, 2.75) is 6.54 Å². The second kappa shape index (κ2) is 3.46. The summed E-state index contributed by atoms with van der Waals surface area (Å²) in [5.74, 6) is -0.00500. The minimum Gasteiger partial charge on any atom is -0.347 e. The van der Waals surface area contributed by atoms with Crippen LogP contribution in [0.2, 0.25) is 0 Å². The fraction of sp³-hybridized carbons (Fsp3) is 0.0714. The minimum atomic E-state index is -0.00500. The maximum Gasteiger partial charge on any atom is 0.268 e. The third-order valence-corrected chi connectivity index (χ3v) is 4.18. The van der Waals surface area contributed by atoms with Crippen molar-refractivity contribution in [2.75, 3.05) is 0 Å². The molecule has 4 rings (SSSR count). The summed E-state index contributed by atoms with van der Waals surface area (Å²) in [7, 11) is 0. The van der Waals surface area contributed by atoms with Crippen molar-refractivity contribution in [3.05, 3.63) is 53.0 Å². The molecule has 3 aromatic rings. The fourth-order valence-corrected chi connectivity index (χ4v) is 3.30. The lowest BCUT2D eigenvalue weighted by Crippen LogP contribution is -2.21. The predicted molar refractivity (Wildman–Crippen MR) is 72.3 cm³/mol. The van der Waals surface area contributed by atoms with E-state index in [9.17, 15) is 4.79 Å². The summed E-state index contributed by atoms with van der Waals surface area (Å²) >= 11 is 1.66. The number of hydrogen-bond acceptors (Lipinski definition) is 2. The van der Waals surface area contributed by atoms with Crippen LogP contribution in [0, 0.1) is 0 Å². The van der Waals surface area contributed by atoms with Crippen LogP contribution in [0.3, 0.4) is 0 Å². The lowest BCUT2D eigenvalue weighted by molar-refractivity contribution is 0.0947. The van der Waals surface area contributed by atoms with E-state index in [-0.39, 0.29) is 5.91 Å². The zero-order valence-electron chi connectivity index (χ0n) is 9.51. The van der Waals surface area contributed by atoms with E-state index in [1.807, 2.05) is 18.2 Å². The number of nitrogens with one attached hydrogen (secondary N) is 1. The summed E-state index contributed by atoms with van der Waals surface area (Å²) in [6, 6.07) is 12.2. The molecule has 0 radical (unpaired) electrons. The Kier molecular flexibility index (Phi) is 1.91. The van der Waals surface area contributed by atoms with Gasteiger partial charge >= 0.3 is 0 Å². The van der Waals surface area contributed by atoms with E-state index in [1.54, 1.807) is 11.3 Å². The lowest BCUT2D eigenvalue weighted by atomic mass is 10.2. The van der Waals surface area contributed by atoms with Crippen LogP contribution in [0.25, 0.3) is 15.9 Å². The molecule has 18 heavy (non-hydrogen) atoms. The predicted octanol–water partition coefficient (Wildman–Crippen LogP) is 2.94. The van der Waals surface area contributed by atoms with Crippen LogP contribution < -0.4 is 5.32 Å². The highest BCUT2D eigenvalue weighted by atomic mass is 32.1. The van der Waals surface area contributed by atoms with Gasteiger partial charge in [-0.3, -0.25) is 4.79 Å². The smallest absolute Gasteiger partial charge is 0.268 e. The molecular formula is C14H10N2OS. The molecule has 0 saturated carbocycles. The molecule has 3 heterocycles. The Morgan fingerprint density at radius 3 is 3.06 bits per heavy atom. The van der Waals surface area contributed by atoms with Crippen molar-refractivity contribution < 1.29 is 4.79 Å². The summed E-state index contributed by atoms with van der Waals surface area (Å²) in [4.78, 5) is 12.1. The SMILES string of the molecule is O=C1NCc2ccccc2-n2c1cc1sccc12. The molecule has 1 aliphatic rings. The van der Waals surface area contributed by atoms with Gasteiger partial charge < -0.3 is 9.88 Å². The van der Waals surface area contributed by atoms with E-state index in [0.29, 0.717) is 6.54 Å². The van der Waals surface area contributed by atoms with Crippen LogP contribution in [-0.4, -0.2) is 10.5 Å². The van der Waals surface area contributed by atoms with Crippen molar-refractivity contribution in [1.82, 2.24) is 9.88 Å². The van der Waals surface area contributed by atoms with Crippen LogP contribution >= 0.6 is 11.3 Å². The second-order valence-electron chi connectivity index (χ2n) is 4.35. The molecule has 0 atom stereocenters. The van der Waals surface area contributed by atoms with Crippen molar-refractivity contribution in [2.24, 2.45) is 0 Å². The highest BCUT2D eigenvalue weighted by Gasteiger charge is 2.22. The van der Waals surface area contributed by atoms with Crippen molar-refractivity contribution in [3.8, 4) is 5.69 Å². The quantitative estimate of drug-likeness (QED) is 0.657. The number of rotatable bonds is 0. The maximum atomic E-state index is 12.1. The number of aromatic nitrogens is 1. The fourth-order valence-electron chi connectivity index (χ4n) is 2.50. The molecule has 1 amide bonds. The Labute approximate surface area is 108 Å². The Morgan fingerprint density at radius 2 is 2.11 bits per heavy atom. The topological polar surface area (TPSA) is 34.0 Å². The number of nitrogens with zero attached hydrogens (tertiary/aromatic N) is 1. The van der Waals surface area contributed by atoms with Gasteiger partial charge in [0.15, 0.2) is 0 Å². The van der Waals surface area contributed by atoms with E-state index in [4.69, 9.17) is 0 Å². The first-order chi connectivity index (χ1) is 8.84. The Hall–Kier alpha value is -2.07. The van der Waals surface area contributed by atoms with Gasteiger partial charge in [0.25, 0.3) is 5.91 Å². The van der Waals surface area contributed by atoms with E-state index in [2.05, 4.69) is 33.5 Å². The van der Waals surface area contributed by atoms with Gasteiger partial charge in [0.2, 0.25) is 0 Å². The van der Waals surface area contributed by atoms with Crippen LogP contribution in [0.5, 0.6) is 0 Å². The number of carbonyl (C=O) groups excluding carboxylic acids is 1. The average molecular weight is 254 g/mol. The summed E-state index contributed by atoms with van der Waals surface area (Å²) in [5, 5.41) is 5.01. The highest BCUT2D eigenvalue weighted by Crippen LogP contribution is 2.31. The molecule has 0 spiro atoms. The zero-order valence-corrected chi connectivity index (χ0v) is 10.3. The van der Waals surface area contributed by atoms with Gasteiger partial charge in [-0.15, -0.1) is 11.3 Å². The molecule has 1 aliphatic heterocycles. The first kappa shape index (κ1) is 9.91. The molecule has 1 N–H and O–H groups in total. The molecule has 3 nitrogen and oxygen atoms in total. The van der Waals surface area contributed by atoms with E-state index >= 15 is 0 Å². The number of benzene rings is 1. The average Bonchev–Trinajstić information content (AvgIpc) is 2.93. The molecule has 1 aromatic carbocycles. The zero-order chi connectivity index (χ0) is 12.1. The largest absolute Gasteiger partial charge is 0.347 e. The number of para-hydroxylation sites is 1. The highest BCUT2D eigenvalue weighted by molar-refractivity contribution is 7.17. The molecule has 2 aromatic heterocycles. The molecular weight excluding hydrogens is 244 g/mol. The lowest BCUT2D eigenvalue weighted by Gasteiger charge is -2.08. The normalized spacial score (nSPS) is 13.9. The molecule has 4 heteroatoms. The van der Waals surface area contributed by atoms with Crippen LogP contribution in [0.4, 0.5) is 0 Å². The molecule has 0 bridgehead atoms. The number of carbonyl (C=O) groups is 1. The van der Waals surface area contributed by atoms with Gasteiger partial charge in [-0.1, -0.05) is 18.2 Å². The first-order valence-electron chi connectivity index (χ1n) is 5.80. The summed E-state index contributed by atoms with van der Waals surface area (Å²) in [6.45, 7) is 0.586. The third-order valence-electron chi connectivity index (χ3n) is 3.33. The first-order valence-corrected chi connectivity index (χ1v) is 6.68. The molecule has 0 saturated heterocycles. The van der Waals surface area contributed by atoms with E-state index < -0.39 is 0 Å². The molecule has 0 unspecified atom stereocenters. The van der Waals surface area contributed by atoms with Gasteiger partial charge in [-0.05, 0) is 29.1 Å². The van der Waals surface area contributed by atoms with Gasteiger partial charge in [-0.2, -0.15) is 0 Å².